The quantitative estimate of drug-likeness (QED) is 0.435. The number of aromatic nitrogens is 2. The predicted octanol–water partition coefficient (Wildman–Crippen LogP) is 5.30. The molecule has 2 amide bonds. The zero-order valence-electron chi connectivity index (χ0n) is 18.3. The molecule has 1 unspecified atom stereocenters. The molecule has 0 fully saturated rings. The van der Waals surface area contributed by atoms with Crippen LogP contribution in [0, 0.1) is 0 Å². The van der Waals surface area contributed by atoms with Crippen molar-refractivity contribution in [1.29, 1.82) is 0 Å². The molecule has 1 aliphatic rings. The standard InChI is InChI=1S/C24H23F3N4O3/c1-2-3-11-18-28-12-19(30-18)31(23(33)34)21-16-8-5-4-7-14(16)15-9-6-10-17(20(15)21)22(32)29-13-24(25,26)27/h4-10,12,21H,2-3,11,13H2,1H3,(H,28,30)(H,29,32)(H,33,34). The number of carbonyl (C=O) groups excluding carboxylic acids is 1. The van der Waals surface area contributed by atoms with Crippen LogP contribution < -0.4 is 10.2 Å². The Morgan fingerprint density at radius 1 is 1.15 bits per heavy atom. The molecule has 10 heteroatoms. The Hall–Kier alpha value is -3.82. The number of hydrogen-bond acceptors (Lipinski definition) is 3. The number of hydrogen-bond donors (Lipinski definition) is 3. The van der Waals surface area contributed by atoms with E-state index in [1.54, 1.807) is 36.4 Å². The van der Waals surface area contributed by atoms with Gasteiger partial charge in [0, 0.05) is 23.7 Å². The zero-order valence-corrected chi connectivity index (χ0v) is 18.3. The summed E-state index contributed by atoms with van der Waals surface area (Å²) in [4.78, 5) is 33.8. The molecule has 1 heterocycles. The number of alkyl halides is 3. The number of fused-ring (bicyclic) bond motifs is 3. The third kappa shape index (κ3) is 4.48. The molecule has 0 bridgehead atoms. The van der Waals surface area contributed by atoms with Crippen LogP contribution in [0.3, 0.4) is 0 Å². The number of anilines is 1. The summed E-state index contributed by atoms with van der Waals surface area (Å²) in [5, 5.41) is 12.1. The molecular weight excluding hydrogens is 449 g/mol. The van der Waals surface area contributed by atoms with E-state index >= 15 is 0 Å². The highest BCUT2D eigenvalue weighted by molar-refractivity contribution is 6.01. The van der Waals surface area contributed by atoms with Gasteiger partial charge in [-0.25, -0.2) is 14.7 Å². The van der Waals surface area contributed by atoms with E-state index < -0.39 is 30.8 Å². The van der Waals surface area contributed by atoms with Gasteiger partial charge in [0.25, 0.3) is 5.91 Å². The molecule has 1 atom stereocenters. The fourth-order valence-corrected chi connectivity index (χ4v) is 4.26. The molecule has 2 aromatic carbocycles. The van der Waals surface area contributed by atoms with Crippen molar-refractivity contribution in [2.45, 2.75) is 38.4 Å². The highest BCUT2D eigenvalue weighted by atomic mass is 19.4. The molecule has 1 aromatic heterocycles. The number of H-pyrrole nitrogens is 1. The number of halogens is 3. The van der Waals surface area contributed by atoms with Crippen LogP contribution in [0.15, 0.2) is 48.7 Å². The second kappa shape index (κ2) is 9.20. The summed E-state index contributed by atoms with van der Waals surface area (Å²) < 4.78 is 38.2. The first-order valence-electron chi connectivity index (χ1n) is 10.8. The number of unbranched alkanes of at least 4 members (excludes halogenated alkanes) is 1. The molecule has 0 saturated heterocycles. The normalized spacial score (nSPS) is 14.4. The Morgan fingerprint density at radius 3 is 2.59 bits per heavy atom. The van der Waals surface area contributed by atoms with Gasteiger partial charge in [-0.2, -0.15) is 13.2 Å². The lowest BCUT2D eigenvalue weighted by molar-refractivity contribution is -0.123. The molecule has 178 valence electrons. The van der Waals surface area contributed by atoms with Crippen molar-refractivity contribution in [1.82, 2.24) is 15.3 Å². The number of rotatable bonds is 7. The summed E-state index contributed by atoms with van der Waals surface area (Å²) in [6.07, 6.45) is -1.92. The number of carboxylic acid groups (broad SMARTS) is 1. The van der Waals surface area contributed by atoms with Gasteiger partial charge < -0.3 is 15.4 Å². The average Bonchev–Trinajstić information content (AvgIpc) is 3.39. The molecule has 0 saturated carbocycles. The smallest absolute Gasteiger partial charge is 0.413 e. The highest BCUT2D eigenvalue weighted by Gasteiger charge is 2.40. The first-order valence-corrected chi connectivity index (χ1v) is 10.8. The number of aryl methyl sites for hydroxylation is 1. The zero-order chi connectivity index (χ0) is 24.5. The van der Waals surface area contributed by atoms with Crippen LogP contribution in [-0.4, -0.2) is 39.8 Å². The lowest BCUT2D eigenvalue weighted by Crippen LogP contribution is -2.37. The van der Waals surface area contributed by atoms with Crippen LogP contribution in [-0.2, 0) is 6.42 Å². The SMILES string of the molecule is CCCCc1nc(N(C(=O)O)C2c3ccccc3-c3cccc(C(=O)NCC(F)(F)F)c32)c[nH]1. The number of imidazole rings is 1. The van der Waals surface area contributed by atoms with E-state index in [0.29, 0.717) is 34.5 Å². The van der Waals surface area contributed by atoms with E-state index in [2.05, 4.69) is 9.97 Å². The van der Waals surface area contributed by atoms with Gasteiger partial charge in [-0.05, 0) is 29.2 Å². The average molecular weight is 472 g/mol. The van der Waals surface area contributed by atoms with Gasteiger partial charge in [-0.3, -0.25) is 4.79 Å². The molecule has 4 rings (SSSR count). The first-order chi connectivity index (χ1) is 16.2. The van der Waals surface area contributed by atoms with Crippen LogP contribution >= 0.6 is 0 Å². The third-order valence-electron chi connectivity index (χ3n) is 5.71. The molecule has 3 N–H and O–H groups in total. The molecule has 0 radical (unpaired) electrons. The Morgan fingerprint density at radius 2 is 1.88 bits per heavy atom. The fourth-order valence-electron chi connectivity index (χ4n) is 4.26. The van der Waals surface area contributed by atoms with Gasteiger partial charge in [0.05, 0.1) is 6.04 Å². The molecule has 0 spiro atoms. The monoisotopic (exact) mass is 472 g/mol. The lowest BCUT2D eigenvalue weighted by Gasteiger charge is -2.27. The first kappa shape index (κ1) is 23.3. The maximum atomic E-state index is 12.8. The van der Waals surface area contributed by atoms with Crippen molar-refractivity contribution < 1.29 is 27.9 Å². The lowest BCUT2D eigenvalue weighted by atomic mass is 9.97. The fraction of sp³-hybridized carbons (Fsp3) is 0.292. The van der Waals surface area contributed by atoms with Gasteiger partial charge in [-0.15, -0.1) is 0 Å². The van der Waals surface area contributed by atoms with E-state index in [1.165, 1.54) is 12.3 Å². The van der Waals surface area contributed by atoms with Crippen LogP contribution in [0.25, 0.3) is 11.1 Å². The highest BCUT2D eigenvalue weighted by Crippen LogP contribution is 2.48. The topological polar surface area (TPSA) is 98.3 Å². The number of aromatic amines is 1. The van der Waals surface area contributed by atoms with Gasteiger partial charge >= 0.3 is 12.3 Å². The minimum absolute atomic E-state index is 0.0176. The van der Waals surface area contributed by atoms with E-state index in [-0.39, 0.29) is 11.4 Å². The predicted molar refractivity (Wildman–Crippen MR) is 120 cm³/mol. The van der Waals surface area contributed by atoms with Gasteiger partial charge in [-0.1, -0.05) is 49.7 Å². The van der Waals surface area contributed by atoms with Crippen molar-refractivity contribution in [3.8, 4) is 11.1 Å². The Labute approximate surface area is 193 Å². The Balaban J connectivity index is 1.82. The number of amides is 2. The summed E-state index contributed by atoms with van der Waals surface area (Å²) in [5.74, 6) is -0.148. The number of nitrogens with zero attached hydrogens (tertiary/aromatic N) is 2. The number of nitrogens with one attached hydrogen (secondary N) is 2. The second-order valence-corrected chi connectivity index (χ2v) is 8.02. The largest absolute Gasteiger partial charge is 0.465 e. The van der Waals surface area contributed by atoms with Crippen LogP contribution in [0.1, 0.15) is 53.1 Å². The third-order valence-corrected chi connectivity index (χ3v) is 5.71. The van der Waals surface area contributed by atoms with Crippen molar-refractivity contribution in [3.63, 3.8) is 0 Å². The molecule has 1 aliphatic carbocycles. The maximum Gasteiger partial charge on any atom is 0.413 e. The molecular formula is C24H23F3N4O3. The molecule has 7 nitrogen and oxygen atoms in total. The van der Waals surface area contributed by atoms with Crippen LogP contribution in [0.2, 0.25) is 0 Å². The minimum Gasteiger partial charge on any atom is -0.465 e. The number of carbonyl (C=O) groups is 2. The summed E-state index contributed by atoms with van der Waals surface area (Å²) in [6, 6.07) is 10.8. The van der Waals surface area contributed by atoms with Crippen molar-refractivity contribution in [2.75, 3.05) is 11.4 Å². The van der Waals surface area contributed by atoms with E-state index in [4.69, 9.17) is 0 Å². The van der Waals surface area contributed by atoms with E-state index in [1.807, 2.05) is 12.2 Å². The Bertz CT molecular complexity index is 1220. The van der Waals surface area contributed by atoms with Crippen LogP contribution in [0.5, 0.6) is 0 Å². The van der Waals surface area contributed by atoms with E-state index in [0.717, 1.165) is 17.7 Å². The van der Waals surface area contributed by atoms with Gasteiger partial charge in [0.15, 0.2) is 5.82 Å². The molecule has 34 heavy (non-hydrogen) atoms. The number of benzene rings is 2. The molecule has 3 aromatic rings. The van der Waals surface area contributed by atoms with Crippen molar-refractivity contribution >= 4 is 17.8 Å². The molecule has 0 aliphatic heterocycles. The van der Waals surface area contributed by atoms with Crippen LogP contribution in [0.4, 0.5) is 23.8 Å². The second-order valence-electron chi connectivity index (χ2n) is 8.02. The van der Waals surface area contributed by atoms with E-state index in [9.17, 15) is 27.9 Å². The van der Waals surface area contributed by atoms with Gasteiger partial charge in [0.2, 0.25) is 0 Å². The van der Waals surface area contributed by atoms with Crippen molar-refractivity contribution in [3.05, 3.63) is 71.2 Å². The summed E-state index contributed by atoms with van der Waals surface area (Å²) in [6.45, 7) is 0.543. The summed E-state index contributed by atoms with van der Waals surface area (Å²) in [5.41, 5.74) is 2.23. The van der Waals surface area contributed by atoms with Gasteiger partial charge in [0.1, 0.15) is 12.4 Å². The maximum absolute atomic E-state index is 12.8. The van der Waals surface area contributed by atoms with Crippen molar-refractivity contribution in [2.24, 2.45) is 0 Å². The Kier molecular flexibility index (Phi) is 6.32. The summed E-state index contributed by atoms with van der Waals surface area (Å²) >= 11 is 0. The minimum atomic E-state index is -4.58. The summed E-state index contributed by atoms with van der Waals surface area (Å²) in [7, 11) is 0.